The van der Waals surface area contributed by atoms with Gasteiger partial charge >= 0.3 is 0 Å². The number of amides is 1. The highest BCUT2D eigenvalue weighted by atomic mass is 16.5. The number of aliphatic hydroxyl groups excluding tert-OH is 1. The van der Waals surface area contributed by atoms with E-state index in [1.165, 1.54) is 11.0 Å². The first-order valence-electron chi connectivity index (χ1n) is 9.36. The van der Waals surface area contributed by atoms with Crippen LogP contribution in [-0.4, -0.2) is 53.1 Å². The summed E-state index contributed by atoms with van der Waals surface area (Å²) in [6, 6.07) is 14.4. The van der Waals surface area contributed by atoms with Crippen molar-refractivity contribution in [2.45, 2.75) is 12.6 Å². The van der Waals surface area contributed by atoms with Crippen molar-refractivity contribution in [2.75, 3.05) is 27.4 Å². The summed E-state index contributed by atoms with van der Waals surface area (Å²) in [6.07, 6.45) is 0.621. The fourth-order valence-corrected chi connectivity index (χ4v) is 2.74. The Morgan fingerprint density at radius 1 is 1.10 bits per heavy atom. The Balaban J connectivity index is 1.47. The number of ether oxygens (including phenoxy) is 3. The van der Waals surface area contributed by atoms with Crippen molar-refractivity contribution in [1.29, 1.82) is 0 Å². The van der Waals surface area contributed by atoms with E-state index in [1.54, 1.807) is 50.6 Å². The van der Waals surface area contributed by atoms with Crippen molar-refractivity contribution in [1.82, 2.24) is 20.1 Å². The Hall–Kier alpha value is -3.59. The average molecular weight is 412 g/mol. The van der Waals surface area contributed by atoms with E-state index in [9.17, 15) is 9.90 Å². The molecule has 30 heavy (non-hydrogen) atoms. The molecule has 9 heteroatoms. The summed E-state index contributed by atoms with van der Waals surface area (Å²) < 4.78 is 17.3. The summed E-state index contributed by atoms with van der Waals surface area (Å²) in [6.45, 7) is 0.715. The number of para-hydroxylation sites is 2. The summed E-state index contributed by atoms with van der Waals surface area (Å²) >= 11 is 0. The summed E-state index contributed by atoms with van der Waals surface area (Å²) in [5, 5.41) is 17.2. The standard InChI is InChI=1S/C21H24N4O5/c1-28-16-9-7-15(8-10-16)17(26)13-25-14-23-20(24-25)21(27)22-11-12-30-19-6-4-3-5-18(19)29-2/h3-10,14,17,26H,11-13H2,1-2H3,(H,22,27). The summed E-state index contributed by atoms with van der Waals surface area (Å²) in [5.74, 6) is 1.54. The maximum Gasteiger partial charge on any atom is 0.291 e. The van der Waals surface area contributed by atoms with Gasteiger partial charge in [-0.1, -0.05) is 24.3 Å². The molecule has 0 radical (unpaired) electrons. The number of hydrogen-bond donors (Lipinski definition) is 2. The van der Waals surface area contributed by atoms with Crippen LogP contribution in [0.2, 0.25) is 0 Å². The Morgan fingerprint density at radius 3 is 2.53 bits per heavy atom. The van der Waals surface area contributed by atoms with Gasteiger partial charge in [0, 0.05) is 0 Å². The van der Waals surface area contributed by atoms with Crippen molar-refractivity contribution < 1.29 is 24.1 Å². The number of nitrogens with zero attached hydrogens (tertiary/aromatic N) is 3. The number of carbonyl (C=O) groups excluding carboxylic acids is 1. The number of carbonyl (C=O) groups is 1. The third-order valence-electron chi connectivity index (χ3n) is 4.31. The van der Waals surface area contributed by atoms with Crippen LogP contribution in [0.25, 0.3) is 0 Å². The molecule has 0 saturated heterocycles. The fraction of sp³-hybridized carbons (Fsp3) is 0.286. The Morgan fingerprint density at radius 2 is 1.83 bits per heavy atom. The van der Waals surface area contributed by atoms with Crippen LogP contribution < -0.4 is 19.5 Å². The fourth-order valence-electron chi connectivity index (χ4n) is 2.74. The highest BCUT2D eigenvalue weighted by Gasteiger charge is 2.14. The highest BCUT2D eigenvalue weighted by Crippen LogP contribution is 2.25. The normalized spacial score (nSPS) is 11.6. The van der Waals surface area contributed by atoms with Gasteiger partial charge in [-0.05, 0) is 29.8 Å². The van der Waals surface area contributed by atoms with E-state index in [0.29, 0.717) is 22.8 Å². The summed E-state index contributed by atoms with van der Waals surface area (Å²) in [4.78, 5) is 16.2. The lowest BCUT2D eigenvalue weighted by Gasteiger charge is -2.11. The van der Waals surface area contributed by atoms with Gasteiger partial charge < -0.3 is 24.6 Å². The molecule has 0 spiro atoms. The molecule has 0 aliphatic rings. The minimum Gasteiger partial charge on any atom is -0.497 e. The Bertz CT molecular complexity index is 958. The molecule has 1 atom stereocenters. The predicted octanol–water partition coefficient (Wildman–Crippen LogP) is 1.84. The molecule has 0 fully saturated rings. The van der Waals surface area contributed by atoms with Crippen LogP contribution in [0.1, 0.15) is 22.3 Å². The second kappa shape index (κ2) is 10.3. The number of benzene rings is 2. The summed E-state index contributed by atoms with van der Waals surface area (Å²) in [5.41, 5.74) is 0.714. The zero-order valence-corrected chi connectivity index (χ0v) is 16.8. The Labute approximate surface area is 174 Å². The van der Waals surface area contributed by atoms with E-state index in [-0.39, 0.29) is 25.5 Å². The van der Waals surface area contributed by atoms with Crippen LogP contribution in [0.5, 0.6) is 17.2 Å². The predicted molar refractivity (Wildman–Crippen MR) is 109 cm³/mol. The third-order valence-corrected chi connectivity index (χ3v) is 4.31. The second-order valence-corrected chi connectivity index (χ2v) is 6.33. The molecular formula is C21H24N4O5. The van der Waals surface area contributed by atoms with E-state index in [1.807, 2.05) is 12.1 Å². The van der Waals surface area contributed by atoms with E-state index in [0.717, 1.165) is 0 Å². The smallest absolute Gasteiger partial charge is 0.291 e. The SMILES string of the molecule is COc1ccc(C(O)Cn2cnc(C(=O)NCCOc3ccccc3OC)n2)cc1. The van der Waals surface area contributed by atoms with Crippen molar-refractivity contribution in [3.63, 3.8) is 0 Å². The van der Waals surface area contributed by atoms with Gasteiger partial charge in [0.1, 0.15) is 18.7 Å². The zero-order valence-electron chi connectivity index (χ0n) is 16.8. The average Bonchev–Trinajstić information content (AvgIpc) is 3.25. The maximum absolute atomic E-state index is 12.2. The molecule has 158 valence electrons. The molecule has 0 aliphatic carbocycles. The minimum atomic E-state index is -0.789. The van der Waals surface area contributed by atoms with Gasteiger partial charge in [-0.2, -0.15) is 0 Å². The van der Waals surface area contributed by atoms with Crippen LogP contribution in [0.15, 0.2) is 54.9 Å². The van der Waals surface area contributed by atoms with Crippen molar-refractivity contribution in [2.24, 2.45) is 0 Å². The highest BCUT2D eigenvalue weighted by molar-refractivity contribution is 5.90. The number of nitrogens with one attached hydrogen (secondary N) is 1. The van der Waals surface area contributed by atoms with E-state index in [4.69, 9.17) is 14.2 Å². The first-order chi connectivity index (χ1) is 14.6. The topological polar surface area (TPSA) is 108 Å². The van der Waals surface area contributed by atoms with Gasteiger partial charge in [0.25, 0.3) is 5.91 Å². The van der Waals surface area contributed by atoms with Crippen LogP contribution >= 0.6 is 0 Å². The largest absolute Gasteiger partial charge is 0.497 e. The molecule has 1 amide bonds. The molecule has 9 nitrogen and oxygen atoms in total. The molecule has 1 aromatic heterocycles. The van der Waals surface area contributed by atoms with E-state index >= 15 is 0 Å². The van der Waals surface area contributed by atoms with Crippen LogP contribution in [0, 0.1) is 0 Å². The molecule has 0 bridgehead atoms. The van der Waals surface area contributed by atoms with Crippen molar-refractivity contribution in [3.05, 3.63) is 66.2 Å². The lowest BCUT2D eigenvalue weighted by Crippen LogP contribution is -2.29. The first-order valence-corrected chi connectivity index (χ1v) is 9.36. The van der Waals surface area contributed by atoms with Crippen molar-refractivity contribution >= 4 is 5.91 Å². The monoisotopic (exact) mass is 412 g/mol. The van der Waals surface area contributed by atoms with Crippen molar-refractivity contribution in [3.8, 4) is 17.2 Å². The minimum absolute atomic E-state index is 0.0224. The first kappa shape index (κ1) is 21.1. The Kier molecular flexibility index (Phi) is 7.23. The van der Waals surface area contributed by atoms with Crippen LogP contribution in [-0.2, 0) is 6.54 Å². The molecule has 2 N–H and O–H groups in total. The number of hydrogen-bond acceptors (Lipinski definition) is 7. The van der Waals surface area contributed by atoms with Gasteiger partial charge in [0.05, 0.1) is 33.4 Å². The molecule has 1 unspecified atom stereocenters. The van der Waals surface area contributed by atoms with E-state index in [2.05, 4.69) is 15.4 Å². The van der Waals surface area contributed by atoms with Gasteiger partial charge in [-0.3, -0.25) is 4.79 Å². The molecule has 2 aromatic carbocycles. The zero-order chi connectivity index (χ0) is 21.3. The van der Waals surface area contributed by atoms with Gasteiger partial charge in [-0.25, -0.2) is 9.67 Å². The molecule has 0 saturated carbocycles. The summed E-state index contributed by atoms with van der Waals surface area (Å²) in [7, 11) is 3.15. The number of methoxy groups -OCH3 is 2. The maximum atomic E-state index is 12.2. The molecule has 1 heterocycles. The van der Waals surface area contributed by atoms with E-state index < -0.39 is 12.0 Å². The molecular weight excluding hydrogens is 388 g/mol. The molecule has 3 rings (SSSR count). The lowest BCUT2D eigenvalue weighted by atomic mass is 10.1. The lowest BCUT2D eigenvalue weighted by molar-refractivity contribution is 0.0934. The van der Waals surface area contributed by atoms with Gasteiger partial charge in [0.15, 0.2) is 11.5 Å². The van der Waals surface area contributed by atoms with Gasteiger partial charge in [0.2, 0.25) is 5.82 Å². The second-order valence-electron chi connectivity index (χ2n) is 6.33. The van der Waals surface area contributed by atoms with Crippen LogP contribution in [0.4, 0.5) is 0 Å². The molecule has 0 aliphatic heterocycles. The number of aliphatic hydroxyl groups is 1. The van der Waals surface area contributed by atoms with Gasteiger partial charge in [-0.15, -0.1) is 5.10 Å². The number of aromatic nitrogens is 3. The van der Waals surface area contributed by atoms with Crippen LogP contribution in [0.3, 0.4) is 0 Å². The third kappa shape index (κ3) is 5.48. The number of rotatable bonds is 10. The quantitative estimate of drug-likeness (QED) is 0.489. The molecule has 3 aromatic rings.